The van der Waals surface area contributed by atoms with Crippen LogP contribution in [0.2, 0.25) is 0 Å². The van der Waals surface area contributed by atoms with Gasteiger partial charge < -0.3 is 19.0 Å². The molecule has 0 unspecified atom stereocenters. The van der Waals surface area contributed by atoms with Crippen LogP contribution >= 0.6 is 11.3 Å². The van der Waals surface area contributed by atoms with Gasteiger partial charge in [0, 0.05) is 24.1 Å². The van der Waals surface area contributed by atoms with Crippen molar-refractivity contribution in [1.82, 2.24) is 9.88 Å². The van der Waals surface area contributed by atoms with E-state index in [1.54, 1.807) is 29.0 Å². The normalized spacial score (nSPS) is 10.9. The number of fused-ring (bicyclic) bond motifs is 1. The molecule has 3 aromatic rings. The maximum absolute atomic E-state index is 12.1. The molecule has 0 aromatic carbocycles. The summed E-state index contributed by atoms with van der Waals surface area (Å²) < 4.78 is 12.2. The zero-order valence-electron chi connectivity index (χ0n) is 12.8. The van der Waals surface area contributed by atoms with Crippen LogP contribution in [0.1, 0.15) is 21.1 Å². The Bertz CT molecular complexity index is 845. The number of hydrogen-bond acceptors (Lipinski definition) is 5. The Morgan fingerprint density at radius 1 is 1.39 bits per heavy atom. The third kappa shape index (κ3) is 3.29. The first-order chi connectivity index (χ1) is 11.0. The van der Waals surface area contributed by atoms with Crippen molar-refractivity contribution >= 4 is 34.3 Å². The van der Waals surface area contributed by atoms with Gasteiger partial charge in [0.15, 0.2) is 12.2 Å². The van der Waals surface area contributed by atoms with Gasteiger partial charge in [-0.05, 0) is 18.4 Å². The Kier molecular flexibility index (Phi) is 4.20. The van der Waals surface area contributed by atoms with Crippen molar-refractivity contribution in [3.05, 3.63) is 46.0 Å². The fraction of sp³-hybridized carbons (Fsp3) is 0.250. The van der Waals surface area contributed by atoms with Crippen molar-refractivity contribution in [1.29, 1.82) is 0 Å². The molecule has 3 aromatic heterocycles. The highest BCUT2D eigenvalue weighted by molar-refractivity contribution is 7.09. The third-order valence-electron chi connectivity index (χ3n) is 3.44. The molecule has 3 heterocycles. The molecule has 0 fully saturated rings. The first-order valence-corrected chi connectivity index (χ1v) is 7.94. The SMILES string of the molecule is Cc1cc2c(cc(C(=O)OCC(=O)NCc3cccs3)n2C)o1. The number of amides is 1. The topological polar surface area (TPSA) is 73.5 Å². The lowest BCUT2D eigenvalue weighted by Crippen LogP contribution is -2.28. The number of aryl methyl sites for hydroxylation is 2. The zero-order chi connectivity index (χ0) is 16.4. The van der Waals surface area contributed by atoms with Crippen molar-refractivity contribution in [2.75, 3.05) is 6.61 Å². The molecule has 0 aliphatic heterocycles. The van der Waals surface area contributed by atoms with Crippen molar-refractivity contribution in [2.24, 2.45) is 7.05 Å². The number of nitrogens with zero attached hydrogens (tertiary/aromatic N) is 1. The van der Waals surface area contributed by atoms with Crippen LogP contribution in [0.3, 0.4) is 0 Å². The Balaban J connectivity index is 1.56. The van der Waals surface area contributed by atoms with Gasteiger partial charge in [-0.25, -0.2) is 4.79 Å². The summed E-state index contributed by atoms with van der Waals surface area (Å²) in [6.45, 7) is 1.97. The molecule has 0 spiro atoms. The molecule has 1 N–H and O–H groups in total. The number of hydrogen-bond donors (Lipinski definition) is 1. The number of rotatable bonds is 5. The van der Waals surface area contributed by atoms with Gasteiger partial charge in [0.05, 0.1) is 12.1 Å². The summed E-state index contributed by atoms with van der Waals surface area (Å²) in [5.74, 6) is -0.109. The van der Waals surface area contributed by atoms with Crippen LogP contribution in [0, 0.1) is 6.92 Å². The fourth-order valence-electron chi connectivity index (χ4n) is 2.29. The van der Waals surface area contributed by atoms with E-state index >= 15 is 0 Å². The average molecular weight is 332 g/mol. The first kappa shape index (κ1) is 15.4. The van der Waals surface area contributed by atoms with Crippen LogP contribution in [0.4, 0.5) is 0 Å². The zero-order valence-corrected chi connectivity index (χ0v) is 13.6. The third-order valence-corrected chi connectivity index (χ3v) is 4.31. The summed E-state index contributed by atoms with van der Waals surface area (Å²) in [5.41, 5.74) is 1.79. The average Bonchev–Trinajstić information content (AvgIpc) is 3.21. The predicted molar refractivity (Wildman–Crippen MR) is 86.4 cm³/mol. The Hall–Kier alpha value is -2.54. The molecule has 1 amide bonds. The Morgan fingerprint density at radius 2 is 2.22 bits per heavy atom. The Morgan fingerprint density at radius 3 is 2.91 bits per heavy atom. The largest absolute Gasteiger partial charge is 0.460 e. The van der Waals surface area contributed by atoms with Gasteiger partial charge in [0.2, 0.25) is 0 Å². The van der Waals surface area contributed by atoms with Crippen LogP contribution < -0.4 is 5.32 Å². The van der Waals surface area contributed by atoms with Crippen LogP contribution in [0.15, 0.2) is 34.1 Å². The molecule has 0 radical (unpaired) electrons. The minimum absolute atomic E-state index is 0.310. The van der Waals surface area contributed by atoms with Crippen molar-refractivity contribution in [3.8, 4) is 0 Å². The maximum atomic E-state index is 12.1. The van der Waals surface area contributed by atoms with Crippen LogP contribution in [-0.2, 0) is 23.1 Å². The van der Waals surface area contributed by atoms with Gasteiger partial charge in [-0.1, -0.05) is 6.07 Å². The van der Waals surface area contributed by atoms with Crippen LogP contribution in [0.25, 0.3) is 11.1 Å². The second-order valence-electron chi connectivity index (χ2n) is 5.13. The van der Waals surface area contributed by atoms with Gasteiger partial charge in [0.25, 0.3) is 5.91 Å². The second kappa shape index (κ2) is 6.29. The molecule has 0 bridgehead atoms. The number of furan rings is 1. The monoisotopic (exact) mass is 332 g/mol. The van der Waals surface area contributed by atoms with E-state index in [9.17, 15) is 9.59 Å². The Labute approximate surface area is 136 Å². The number of carbonyl (C=O) groups excluding carboxylic acids is 2. The lowest BCUT2D eigenvalue weighted by molar-refractivity contribution is -0.124. The highest BCUT2D eigenvalue weighted by Crippen LogP contribution is 2.22. The van der Waals surface area contributed by atoms with E-state index in [4.69, 9.17) is 9.15 Å². The molecular formula is C16H16N2O4S. The molecule has 0 saturated heterocycles. The number of thiophene rings is 1. The summed E-state index contributed by atoms with van der Waals surface area (Å²) in [4.78, 5) is 24.9. The number of ether oxygens (including phenoxy) is 1. The molecular weight excluding hydrogens is 316 g/mol. The van der Waals surface area contributed by atoms with E-state index in [2.05, 4.69) is 5.32 Å². The number of carbonyl (C=O) groups is 2. The summed E-state index contributed by atoms with van der Waals surface area (Å²) >= 11 is 1.56. The molecule has 23 heavy (non-hydrogen) atoms. The van der Waals surface area contributed by atoms with E-state index in [-0.39, 0.29) is 12.5 Å². The fourth-order valence-corrected chi connectivity index (χ4v) is 2.93. The quantitative estimate of drug-likeness (QED) is 0.729. The van der Waals surface area contributed by atoms with Gasteiger partial charge in [-0.3, -0.25) is 4.79 Å². The maximum Gasteiger partial charge on any atom is 0.355 e. The second-order valence-corrected chi connectivity index (χ2v) is 6.16. The van der Waals surface area contributed by atoms with Gasteiger partial charge >= 0.3 is 5.97 Å². The smallest absolute Gasteiger partial charge is 0.355 e. The minimum Gasteiger partial charge on any atom is -0.460 e. The lowest BCUT2D eigenvalue weighted by atomic mass is 10.4. The summed E-state index contributed by atoms with van der Waals surface area (Å²) in [5, 5.41) is 4.64. The molecule has 0 atom stereocenters. The summed E-state index contributed by atoms with van der Waals surface area (Å²) in [6.07, 6.45) is 0. The molecule has 0 saturated carbocycles. The van der Waals surface area contributed by atoms with E-state index in [0.717, 1.165) is 16.2 Å². The molecule has 6 nitrogen and oxygen atoms in total. The van der Waals surface area contributed by atoms with E-state index in [0.29, 0.717) is 17.8 Å². The molecule has 3 rings (SSSR count). The van der Waals surface area contributed by atoms with E-state index < -0.39 is 5.97 Å². The van der Waals surface area contributed by atoms with E-state index in [1.165, 1.54) is 0 Å². The molecule has 120 valence electrons. The lowest BCUT2D eigenvalue weighted by Gasteiger charge is -2.06. The van der Waals surface area contributed by atoms with Gasteiger partial charge in [0.1, 0.15) is 11.5 Å². The summed E-state index contributed by atoms with van der Waals surface area (Å²) in [6, 6.07) is 7.31. The van der Waals surface area contributed by atoms with Crippen molar-refractivity contribution in [2.45, 2.75) is 13.5 Å². The van der Waals surface area contributed by atoms with E-state index in [1.807, 2.05) is 30.5 Å². The number of nitrogens with one attached hydrogen (secondary N) is 1. The summed E-state index contributed by atoms with van der Waals surface area (Å²) in [7, 11) is 1.75. The predicted octanol–water partition coefficient (Wildman–Crippen LogP) is 2.61. The first-order valence-electron chi connectivity index (χ1n) is 7.06. The van der Waals surface area contributed by atoms with Gasteiger partial charge in [-0.15, -0.1) is 11.3 Å². The van der Waals surface area contributed by atoms with Gasteiger partial charge in [-0.2, -0.15) is 0 Å². The number of esters is 1. The van der Waals surface area contributed by atoms with Crippen LogP contribution in [-0.4, -0.2) is 23.1 Å². The van der Waals surface area contributed by atoms with Crippen LogP contribution in [0.5, 0.6) is 0 Å². The van der Waals surface area contributed by atoms with Crippen molar-refractivity contribution in [3.63, 3.8) is 0 Å². The molecule has 0 aliphatic carbocycles. The van der Waals surface area contributed by atoms with Crippen molar-refractivity contribution < 1.29 is 18.7 Å². The highest BCUT2D eigenvalue weighted by atomic mass is 32.1. The molecule has 7 heteroatoms. The standard InChI is InChI=1S/C16H16N2O4S/c1-10-6-12-14(22-10)7-13(18(12)2)16(20)21-9-15(19)17-8-11-4-3-5-23-11/h3-7H,8-9H2,1-2H3,(H,17,19). The number of aromatic nitrogens is 1. The molecule has 0 aliphatic rings. The minimum atomic E-state index is -0.553. The highest BCUT2D eigenvalue weighted by Gasteiger charge is 2.18.